The minimum Gasteiger partial charge on any atom is -0.353 e. The molecule has 2 fully saturated rings. The van der Waals surface area contributed by atoms with E-state index in [4.69, 9.17) is 11.6 Å². The van der Waals surface area contributed by atoms with Crippen molar-refractivity contribution in [1.82, 2.24) is 15.2 Å². The highest BCUT2D eigenvalue weighted by Gasteiger charge is 2.32. The molecule has 1 saturated heterocycles. The van der Waals surface area contributed by atoms with Crippen LogP contribution in [0.2, 0.25) is 5.02 Å². The average Bonchev–Trinajstić information content (AvgIpc) is 2.62. The maximum atomic E-state index is 12.7. The second kappa shape index (κ2) is 8.65. The maximum Gasteiger partial charge on any atom is 0.417 e. The van der Waals surface area contributed by atoms with E-state index in [0.717, 1.165) is 25.1 Å². The minimum atomic E-state index is -4.46. The summed E-state index contributed by atoms with van der Waals surface area (Å²) in [6.07, 6.45) is 2.05. The molecule has 0 bridgehead atoms. The maximum absolute atomic E-state index is 12.7. The Hall–Kier alpha value is -1.54. The van der Waals surface area contributed by atoms with E-state index in [1.807, 2.05) is 9.80 Å². The van der Waals surface area contributed by atoms with Gasteiger partial charge in [-0.3, -0.25) is 9.69 Å². The molecule has 9 heteroatoms. The molecule has 1 saturated carbocycles. The third-order valence-corrected chi connectivity index (χ3v) is 5.44. The fourth-order valence-corrected chi connectivity index (χ4v) is 3.95. The summed E-state index contributed by atoms with van der Waals surface area (Å²) in [5.41, 5.74) is -0.853. The van der Waals surface area contributed by atoms with E-state index in [9.17, 15) is 18.0 Å². The molecule has 1 aliphatic carbocycles. The molecule has 5 nitrogen and oxygen atoms in total. The van der Waals surface area contributed by atoms with Crippen molar-refractivity contribution < 1.29 is 18.0 Å². The van der Waals surface area contributed by atoms with E-state index in [0.29, 0.717) is 44.6 Å². The van der Waals surface area contributed by atoms with E-state index >= 15 is 0 Å². The van der Waals surface area contributed by atoms with Crippen molar-refractivity contribution in [2.45, 2.75) is 44.3 Å². The van der Waals surface area contributed by atoms with Gasteiger partial charge < -0.3 is 10.2 Å². The van der Waals surface area contributed by atoms with Crippen LogP contribution in [-0.4, -0.2) is 54.6 Å². The van der Waals surface area contributed by atoms with Crippen LogP contribution in [0.25, 0.3) is 0 Å². The Labute approximate surface area is 161 Å². The normalized spacial score (nSPS) is 19.9. The number of pyridine rings is 1. The van der Waals surface area contributed by atoms with Crippen LogP contribution in [0.4, 0.5) is 19.0 Å². The molecule has 1 aliphatic heterocycles. The van der Waals surface area contributed by atoms with E-state index in [2.05, 4.69) is 10.3 Å². The van der Waals surface area contributed by atoms with Crippen LogP contribution in [0.1, 0.15) is 37.7 Å². The van der Waals surface area contributed by atoms with Crippen molar-refractivity contribution >= 4 is 23.3 Å². The van der Waals surface area contributed by atoms with Crippen LogP contribution < -0.4 is 10.2 Å². The Morgan fingerprint density at radius 1 is 1.19 bits per heavy atom. The Bertz CT molecular complexity index is 656. The minimum absolute atomic E-state index is 0.00619. The lowest BCUT2D eigenvalue weighted by Gasteiger charge is -2.35. The number of hydrogen-bond donors (Lipinski definition) is 1. The van der Waals surface area contributed by atoms with Crippen molar-refractivity contribution in [3.05, 3.63) is 22.8 Å². The topological polar surface area (TPSA) is 48.5 Å². The summed E-state index contributed by atoms with van der Waals surface area (Å²) < 4.78 is 38.2. The summed E-state index contributed by atoms with van der Waals surface area (Å²) in [4.78, 5) is 20.0. The highest BCUT2D eigenvalue weighted by Crippen LogP contribution is 2.33. The number of nitrogens with zero attached hydrogens (tertiary/aromatic N) is 3. The smallest absolute Gasteiger partial charge is 0.353 e. The molecule has 0 spiro atoms. The van der Waals surface area contributed by atoms with Gasteiger partial charge in [-0.1, -0.05) is 30.9 Å². The highest BCUT2D eigenvalue weighted by atomic mass is 35.5. The zero-order chi connectivity index (χ0) is 19.4. The summed E-state index contributed by atoms with van der Waals surface area (Å²) >= 11 is 6.02. The van der Waals surface area contributed by atoms with Crippen molar-refractivity contribution in [1.29, 1.82) is 0 Å². The largest absolute Gasteiger partial charge is 0.417 e. The van der Waals surface area contributed by atoms with Crippen LogP contribution in [-0.2, 0) is 11.0 Å². The summed E-state index contributed by atoms with van der Waals surface area (Å²) in [6.45, 7) is 2.75. The Morgan fingerprint density at radius 2 is 1.85 bits per heavy atom. The van der Waals surface area contributed by atoms with Gasteiger partial charge in [0.2, 0.25) is 5.91 Å². The monoisotopic (exact) mass is 404 g/mol. The first-order chi connectivity index (χ1) is 12.8. The first-order valence-corrected chi connectivity index (χ1v) is 9.70. The second-order valence-corrected chi connectivity index (χ2v) is 7.60. The first kappa shape index (κ1) is 20.2. The van der Waals surface area contributed by atoms with Crippen LogP contribution in [0.5, 0.6) is 0 Å². The fourth-order valence-electron chi connectivity index (χ4n) is 3.66. The molecule has 0 atom stereocenters. The lowest BCUT2D eigenvalue weighted by atomic mass is 9.95. The van der Waals surface area contributed by atoms with Gasteiger partial charge in [-0.05, 0) is 18.9 Å². The fraction of sp³-hybridized carbons (Fsp3) is 0.667. The van der Waals surface area contributed by atoms with Crippen molar-refractivity contribution in [3.63, 3.8) is 0 Å². The van der Waals surface area contributed by atoms with Gasteiger partial charge in [-0.25, -0.2) is 4.98 Å². The van der Waals surface area contributed by atoms with Crippen molar-refractivity contribution in [2.75, 3.05) is 37.6 Å². The van der Waals surface area contributed by atoms with Gasteiger partial charge in [0, 0.05) is 38.4 Å². The van der Waals surface area contributed by atoms with E-state index in [-0.39, 0.29) is 10.9 Å². The van der Waals surface area contributed by atoms with Gasteiger partial charge in [0.15, 0.2) is 0 Å². The zero-order valence-electron chi connectivity index (χ0n) is 15.1. The molecule has 0 aromatic carbocycles. The van der Waals surface area contributed by atoms with E-state index < -0.39 is 11.7 Å². The van der Waals surface area contributed by atoms with Gasteiger partial charge in [0.1, 0.15) is 5.82 Å². The number of amides is 1. The number of rotatable bonds is 4. The van der Waals surface area contributed by atoms with Gasteiger partial charge in [0.05, 0.1) is 17.1 Å². The number of piperazine rings is 1. The lowest BCUT2D eigenvalue weighted by molar-refractivity contribution is -0.137. The number of carbonyl (C=O) groups excluding carboxylic acids is 1. The predicted octanol–water partition coefficient (Wildman–Crippen LogP) is 3.32. The molecule has 2 heterocycles. The molecule has 1 N–H and O–H groups in total. The molecule has 27 heavy (non-hydrogen) atoms. The summed E-state index contributed by atoms with van der Waals surface area (Å²) in [5.74, 6) is 0.400. The molecule has 0 radical (unpaired) electrons. The standard InChI is InChI=1S/C18H24ClF3N4O/c19-15-10-13(18(20,21)22)11-23-17(15)26-8-6-25(7-9-26)12-16(27)24-14-4-2-1-3-5-14/h10-11,14H,1-9,12H2,(H,24,27). The summed E-state index contributed by atoms with van der Waals surface area (Å²) in [5, 5.41) is 3.10. The molecule has 1 aromatic heterocycles. The number of alkyl halides is 3. The van der Waals surface area contributed by atoms with Crippen LogP contribution >= 0.6 is 11.6 Å². The molecule has 1 aromatic rings. The number of hydrogen-bond acceptors (Lipinski definition) is 4. The molecule has 0 unspecified atom stereocenters. The summed E-state index contributed by atoms with van der Waals surface area (Å²) in [6, 6.07) is 1.20. The van der Waals surface area contributed by atoms with Gasteiger partial charge in [0.25, 0.3) is 0 Å². The third kappa shape index (κ3) is 5.48. The first-order valence-electron chi connectivity index (χ1n) is 9.32. The van der Waals surface area contributed by atoms with Crippen molar-refractivity contribution in [2.24, 2.45) is 0 Å². The van der Waals surface area contributed by atoms with Gasteiger partial charge in [-0.15, -0.1) is 0 Å². The molecular formula is C18H24ClF3N4O. The van der Waals surface area contributed by atoms with Crippen molar-refractivity contribution in [3.8, 4) is 0 Å². The van der Waals surface area contributed by atoms with Gasteiger partial charge in [-0.2, -0.15) is 13.2 Å². The number of aromatic nitrogens is 1. The third-order valence-electron chi connectivity index (χ3n) is 5.16. The molecule has 150 valence electrons. The Morgan fingerprint density at radius 3 is 2.44 bits per heavy atom. The quantitative estimate of drug-likeness (QED) is 0.836. The Kier molecular flexibility index (Phi) is 6.47. The lowest BCUT2D eigenvalue weighted by Crippen LogP contribution is -2.51. The zero-order valence-corrected chi connectivity index (χ0v) is 15.8. The molecule has 1 amide bonds. The molecule has 3 rings (SSSR count). The van der Waals surface area contributed by atoms with E-state index in [1.54, 1.807) is 0 Å². The van der Waals surface area contributed by atoms with E-state index in [1.165, 1.54) is 19.3 Å². The van der Waals surface area contributed by atoms with Crippen LogP contribution in [0.15, 0.2) is 12.3 Å². The number of halogens is 4. The van der Waals surface area contributed by atoms with Crippen LogP contribution in [0, 0.1) is 0 Å². The highest BCUT2D eigenvalue weighted by molar-refractivity contribution is 6.33. The number of anilines is 1. The SMILES string of the molecule is O=C(CN1CCN(c2ncc(C(F)(F)F)cc2Cl)CC1)NC1CCCCC1. The molecular weight excluding hydrogens is 381 g/mol. The number of nitrogens with one attached hydrogen (secondary N) is 1. The van der Waals surface area contributed by atoms with Gasteiger partial charge >= 0.3 is 6.18 Å². The Balaban J connectivity index is 1.49. The molecule has 2 aliphatic rings. The number of carbonyl (C=O) groups is 1. The van der Waals surface area contributed by atoms with Crippen LogP contribution in [0.3, 0.4) is 0 Å². The summed E-state index contributed by atoms with van der Waals surface area (Å²) in [7, 11) is 0. The predicted molar refractivity (Wildman–Crippen MR) is 97.9 cm³/mol. The second-order valence-electron chi connectivity index (χ2n) is 7.19. The average molecular weight is 405 g/mol.